The molecule has 0 radical (unpaired) electrons. The van der Waals surface area contributed by atoms with E-state index in [1.54, 1.807) is 6.20 Å². The van der Waals surface area contributed by atoms with Gasteiger partial charge in [0, 0.05) is 24.2 Å². The molecule has 2 aromatic rings. The Morgan fingerprint density at radius 1 is 1.14 bits per heavy atom. The van der Waals surface area contributed by atoms with Crippen LogP contribution < -0.4 is 10.1 Å². The molecule has 6 heteroatoms. The average Bonchev–Trinajstić information content (AvgIpc) is 2.76. The summed E-state index contributed by atoms with van der Waals surface area (Å²) in [5, 5.41) is 4.18. The smallest absolute Gasteiger partial charge is 0.246 e. The van der Waals surface area contributed by atoms with Crippen LogP contribution in [-0.2, 0) is 14.3 Å². The molecule has 2 aliphatic rings. The number of ether oxygens (including phenoxy) is 3. The number of nitrogens with one attached hydrogen (secondary N) is 1. The van der Waals surface area contributed by atoms with Crippen molar-refractivity contribution in [3.8, 4) is 5.75 Å². The Kier molecular flexibility index (Phi) is 6.96. The maximum absolute atomic E-state index is 12.1. The lowest BCUT2D eigenvalue weighted by Crippen LogP contribution is -2.41. The molecule has 1 atom stereocenters. The number of carbonyl (C=O) groups is 1. The number of carbonyl (C=O) groups excluding carboxylic acids is 1. The van der Waals surface area contributed by atoms with E-state index in [0.29, 0.717) is 6.61 Å². The average molecular weight is 399 g/mol. The molecular weight excluding hydrogens is 368 g/mol. The number of nitrogens with zero attached hydrogens (tertiary/aromatic N) is 1. The molecule has 1 saturated heterocycles. The van der Waals surface area contributed by atoms with Crippen LogP contribution in [0.5, 0.6) is 5.75 Å². The number of rotatable bonds is 7. The van der Waals surface area contributed by atoms with Crippen LogP contribution in [0.25, 0.3) is 10.9 Å². The predicted molar refractivity (Wildman–Crippen MR) is 111 cm³/mol. The normalized spacial score (nSPS) is 24.9. The van der Waals surface area contributed by atoms with Crippen molar-refractivity contribution in [1.82, 2.24) is 10.3 Å². The number of amides is 1. The summed E-state index contributed by atoms with van der Waals surface area (Å²) < 4.78 is 17.3. The van der Waals surface area contributed by atoms with E-state index in [0.717, 1.165) is 61.8 Å². The highest BCUT2D eigenvalue weighted by molar-refractivity contribution is 5.79. The molecule has 1 N–H and O–H groups in total. The molecule has 156 valence electrons. The van der Waals surface area contributed by atoms with E-state index in [9.17, 15) is 4.79 Å². The molecule has 6 nitrogen and oxygen atoms in total. The lowest BCUT2D eigenvalue weighted by Gasteiger charge is -2.29. The zero-order valence-electron chi connectivity index (χ0n) is 16.8. The van der Waals surface area contributed by atoms with Gasteiger partial charge in [0.1, 0.15) is 12.4 Å². The van der Waals surface area contributed by atoms with Crippen molar-refractivity contribution in [1.29, 1.82) is 0 Å². The molecule has 1 aromatic heterocycles. The molecule has 29 heavy (non-hydrogen) atoms. The van der Waals surface area contributed by atoms with Crippen LogP contribution in [0.4, 0.5) is 0 Å². The first-order valence-electron chi connectivity index (χ1n) is 10.8. The number of benzene rings is 1. The molecular formula is C23H30N2O4. The van der Waals surface area contributed by atoms with Crippen molar-refractivity contribution >= 4 is 16.8 Å². The Morgan fingerprint density at radius 2 is 2.03 bits per heavy atom. The van der Waals surface area contributed by atoms with Gasteiger partial charge in [0.25, 0.3) is 0 Å². The first-order valence-corrected chi connectivity index (χ1v) is 10.8. The fraction of sp³-hybridized carbons (Fsp3) is 0.565. The molecule has 1 aliphatic carbocycles. The monoisotopic (exact) mass is 398 g/mol. The maximum Gasteiger partial charge on any atom is 0.246 e. The minimum atomic E-state index is -0.0350. The summed E-state index contributed by atoms with van der Waals surface area (Å²) in [5.74, 6) is 0.850. The van der Waals surface area contributed by atoms with Crippen molar-refractivity contribution < 1.29 is 19.0 Å². The van der Waals surface area contributed by atoms with Gasteiger partial charge >= 0.3 is 0 Å². The van der Waals surface area contributed by atoms with Gasteiger partial charge in [0.15, 0.2) is 0 Å². The fourth-order valence-corrected chi connectivity index (χ4v) is 4.14. The lowest BCUT2D eigenvalue weighted by atomic mass is 9.93. The third-order valence-corrected chi connectivity index (χ3v) is 5.73. The second kappa shape index (κ2) is 10.0. The highest BCUT2D eigenvalue weighted by Gasteiger charge is 2.24. The Balaban J connectivity index is 1.15. The molecule has 1 amide bonds. The van der Waals surface area contributed by atoms with Crippen LogP contribution in [0.15, 0.2) is 36.5 Å². The van der Waals surface area contributed by atoms with Crippen molar-refractivity contribution in [2.24, 2.45) is 0 Å². The summed E-state index contributed by atoms with van der Waals surface area (Å²) in [6, 6.07) is 10.2. The summed E-state index contributed by atoms with van der Waals surface area (Å²) in [6.45, 7) is 1.43. The summed E-state index contributed by atoms with van der Waals surface area (Å²) in [6.07, 6.45) is 9.20. The van der Waals surface area contributed by atoms with E-state index in [4.69, 9.17) is 14.2 Å². The molecule has 1 aliphatic heterocycles. The third kappa shape index (κ3) is 5.90. The van der Waals surface area contributed by atoms with Crippen molar-refractivity contribution in [3.63, 3.8) is 0 Å². The summed E-state index contributed by atoms with van der Waals surface area (Å²) in [4.78, 5) is 16.5. The number of pyridine rings is 1. The number of fused-ring (bicyclic) bond motifs is 1. The second-order valence-electron chi connectivity index (χ2n) is 8.02. The number of hydrogen-bond acceptors (Lipinski definition) is 5. The Hall–Kier alpha value is -2.18. The first-order chi connectivity index (χ1) is 14.3. The van der Waals surface area contributed by atoms with Crippen molar-refractivity contribution in [3.05, 3.63) is 36.5 Å². The summed E-state index contributed by atoms with van der Waals surface area (Å²) >= 11 is 0. The van der Waals surface area contributed by atoms with Gasteiger partial charge in [-0.1, -0.05) is 6.07 Å². The van der Waals surface area contributed by atoms with Gasteiger partial charge < -0.3 is 19.5 Å². The second-order valence-corrected chi connectivity index (χ2v) is 8.02. The lowest BCUT2D eigenvalue weighted by molar-refractivity contribution is -0.128. The molecule has 2 heterocycles. The van der Waals surface area contributed by atoms with E-state index in [-0.39, 0.29) is 30.8 Å². The Bertz CT molecular complexity index is 798. The zero-order valence-corrected chi connectivity index (χ0v) is 16.8. The largest absolute Gasteiger partial charge is 0.490 e. The van der Waals surface area contributed by atoms with E-state index in [2.05, 4.69) is 10.3 Å². The molecule has 4 rings (SSSR count). The Labute approximate surface area is 171 Å². The first kappa shape index (κ1) is 20.1. The summed E-state index contributed by atoms with van der Waals surface area (Å²) in [7, 11) is 0. The highest BCUT2D eigenvalue weighted by Crippen LogP contribution is 2.26. The predicted octanol–water partition coefficient (Wildman–Crippen LogP) is 3.63. The van der Waals surface area contributed by atoms with Gasteiger partial charge in [-0.3, -0.25) is 9.78 Å². The summed E-state index contributed by atoms with van der Waals surface area (Å²) in [5.41, 5.74) is 0.975. The molecule has 2 fully saturated rings. The van der Waals surface area contributed by atoms with Gasteiger partial charge in [-0.2, -0.15) is 0 Å². The maximum atomic E-state index is 12.1. The zero-order chi connectivity index (χ0) is 19.9. The molecule has 1 saturated carbocycles. The molecule has 1 unspecified atom stereocenters. The van der Waals surface area contributed by atoms with Crippen molar-refractivity contribution in [2.45, 2.75) is 63.2 Å². The topological polar surface area (TPSA) is 69.7 Å². The third-order valence-electron chi connectivity index (χ3n) is 5.73. The van der Waals surface area contributed by atoms with Gasteiger partial charge in [-0.25, -0.2) is 0 Å². The molecule has 1 aromatic carbocycles. The molecule has 0 spiro atoms. The van der Waals surface area contributed by atoms with Crippen LogP contribution >= 0.6 is 0 Å². The van der Waals surface area contributed by atoms with Crippen LogP contribution in [0.3, 0.4) is 0 Å². The SMILES string of the molecule is O=C(COCC1CCCCO1)NC1CCC(Oc2ccc3ncccc3c2)CC1. The highest BCUT2D eigenvalue weighted by atomic mass is 16.5. The van der Waals surface area contributed by atoms with E-state index < -0.39 is 0 Å². The van der Waals surface area contributed by atoms with E-state index >= 15 is 0 Å². The quantitative estimate of drug-likeness (QED) is 0.771. The van der Waals surface area contributed by atoms with Crippen LogP contribution in [0, 0.1) is 0 Å². The van der Waals surface area contributed by atoms with Crippen LogP contribution in [-0.4, -0.2) is 49.0 Å². The number of aromatic nitrogens is 1. The van der Waals surface area contributed by atoms with Gasteiger partial charge in [-0.15, -0.1) is 0 Å². The minimum absolute atomic E-state index is 0.0350. The fourth-order valence-electron chi connectivity index (χ4n) is 4.14. The molecule has 0 bridgehead atoms. The minimum Gasteiger partial charge on any atom is -0.490 e. The van der Waals surface area contributed by atoms with Gasteiger partial charge in [0.2, 0.25) is 5.91 Å². The van der Waals surface area contributed by atoms with E-state index in [1.165, 1.54) is 6.42 Å². The van der Waals surface area contributed by atoms with E-state index in [1.807, 2.05) is 30.3 Å². The van der Waals surface area contributed by atoms with Crippen molar-refractivity contribution in [2.75, 3.05) is 19.8 Å². The standard InChI is InChI=1S/C23H30N2O4/c26-23(16-27-15-21-5-1-2-13-28-21)25-18-6-8-19(9-7-18)29-20-10-11-22-17(14-20)4-3-12-24-22/h3-4,10-12,14,18-19,21H,1-2,5-9,13,15-16H2,(H,25,26). The van der Waals surface area contributed by atoms with Gasteiger partial charge in [0.05, 0.1) is 24.3 Å². The van der Waals surface area contributed by atoms with Crippen LogP contribution in [0.2, 0.25) is 0 Å². The van der Waals surface area contributed by atoms with Crippen LogP contribution in [0.1, 0.15) is 44.9 Å². The Morgan fingerprint density at radius 3 is 2.86 bits per heavy atom. The van der Waals surface area contributed by atoms with Gasteiger partial charge in [-0.05, 0) is 69.2 Å². The number of hydrogen-bond donors (Lipinski definition) is 1.